The van der Waals surface area contributed by atoms with Crippen LogP contribution in [-0.2, 0) is 4.79 Å². The first-order chi connectivity index (χ1) is 13.8. The number of nitrogens with zero attached hydrogens (tertiary/aromatic N) is 4. The van der Waals surface area contributed by atoms with E-state index in [-0.39, 0.29) is 43.6 Å². The highest BCUT2D eigenvalue weighted by Crippen LogP contribution is 2.21. The normalized spacial score (nSPS) is 19.2. The van der Waals surface area contributed by atoms with E-state index in [0.29, 0.717) is 11.0 Å². The van der Waals surface area contributed by atoms with E-state index in [2.05, 4.69) is 25.4 Å². The minimum absolute atomic E-state index is 0.0443. The molecule has 152 valence electrons. The van der Waals surface area contributed by atoms with E-state index in [4.69, 9.17) is 6.57 Å². The molecular formula is C20H23FN6O2. The van der Waals surface area contributed by atoms with Gasteiger partial charge in [0.05, 0.1) is 36.7 Å². The molecule has 0 bridgehead atoms. The van der Waals surface area contributed by atoms with Gasteiger partial charge in [-0.1, -0.05) is 12.1 Å². The van der Waals surface area contributed by atoms with E-state index in [1.165, 1.54) is 11.1 Å². The zero-order valence-electron chi connectivity index (χ0n) is 16.4. The number of benzene rings is 1. The number of alkyl halides is 1. The first-order valence-corrected chi connectivity index (χ1v) is 9.34. The average molecular weight is 398 g/mol. The molecule has 1 aromatic heterocycles. The summed E-state index contributed by atoms with van der Waals surface area (Å²) in [6, 6.07) is 7.28. The van der Waals surface area contributed by atoms with Gasteiger partial charge in [0.15, 0.2) is 0 Å². The topological polar surface area (TPSA) is 91.6 Å². The molecule has 9 heteroatoms. The van der Waals surface area contributed by atoms with Crippen LogP contribution in [0, 0.1) is 6.57 Å². The number of fused-ring (bicyclic) bond motifs is 1. The highest BCUT2D eigenvalue weighted by atomic mass is 19.1. The average Bonchev–Trinajstić information content (AvgIpc) is 3.11. The number of nitrogens with one attached hydrogen (secondary N) is 2. The summed E-state index contributed by atoms with van der Waals surface area (Å²) >= 11 is 0. The Morgan fingerprint density at radius 2 is 2.07 bits per heavy atom. The fourth-order valence-corrected chi connectivity index (χ4v) is 3.09. The van der Waals surface area contributed by atoms with E-state index in [0.717, 1.165) is 0 Å². The van der Waals surface area contributed by atoms with Crippen molar-refractivity contribution in [3.63, 3.8) is 0 Å². The van der Waals surface area contributed by atoms with Crippen molar-refractivity contribution < 1.29 is 14.0 Å². The zero-order chi connectivity index (χ0) is 21.0. The number of para-hydroxylation sites is 2. The molecule has 1 aliphatic rings. The first-order valence-electron chi connectivity index (χ1n) is 9.34. The van der Waals surface area contributed by atoms with Gasteiger partial charge in [0.1, 0.15) is 11.9 Å². The fourth-order valence-electron chi connectivity index (χ4n) is 3.09. The molecule has 29 heavy (non-hydrogen) atoms. The van der Waals surface area contributed by atoms with E-state index >= 15 is 0 Å². The highest BCUT2D eigenvalue weighted by molar-refractivity contribution is 5.93. The number of likely N-dealkylation sites (tertiary alicyclic amines) is 1. The van der Waals surface area contributed by atoms with Crippen LogP contribution in [0.4, 0.5) is 4.39 Å². The Labute approximate surface area is 168 Å². The number of aromatic nitrogens is 2. The van der Waals surface area contributed by atoms with Crippen LogP contribution in [0.3, 0.4) is 0 Å². The molecule has 1 saturated heterocycles. The summed E-state index contributed by atoms with van der Waals surface area (Å²) in [5, 5.41) is 5.85. The summed E-state index contributed by atoms with van der Waals surface area (Å²) in [4.78, 5) is 37.9. The standard InChI is InChI=1S/C20H23FN6O2/c1-20(2,25-10-18(28)27-11-13(21)8-17(27)22-3)12-24-19(29)16-9-23-14-6-4-5-7-15(14)26-16/h4-7,9,13,17,25H,8,10-12H2,1-2H3,(H,24,29)/t13-,17-/m0/s1. The van der Waals surface area contributed by atoms with Crippen LogP contribution in [0.5, 0.6) is 0 Å². The van der Waals surface area contributed by atoms with Crippen molar-refractivity contribution in [2.24, 2.45) is 0 Å². The summed E-state index contributed by atoms with van der Waals surface area (Å²) in [5.74, 6) is -0.691. The summed E-state index contributed by atoms with van der Waals surface area (Å²) in [6.07, 6.45) is -0.420. The summed E-state index contributed by atoms with van der Waals surface area (Å²) in [6.45, 7) is 10.9. The Hall–Kier alpha value is -3.12. The van der Waals surface area contributed by atoms with E-state index < -0.39 is 17.9 Å². The van der Waals surface area contributed by atoms with Crippen LogP contribution < -0.4 is 10.6 Å². The molecule has 2 amide bonds. The number of carbonyl (C=O) groups excluding carboxylic acids is 2. The third-order valence-electron chi connectivity index (χ3n) is 4.78. The first kappa shape index (κ1) is 20.6. The van der Waals surface area contributed by atoms with Gasteiger partial charge in [-0.2, -0.15) is 0 Å². The molecule has 0 aliphatic carbocycles. The number of hydrogen-bond donors (Lipinski definition) is 2. The Balaban J connectivity index is 1.53. The van der Waals surface area contributed by atoms with Gasteiger partial charge in [0.25, 0.3) is 5.91 Å². The fraction of sp³-hybridized carbons (Fsp3) is 0.450. The van der Waals surface area contributed by atoms with Gasteiger partial charge >= 0.3 is 6.17 Å². The smallest absolute Gasteiger partial charge is 0.303 e. The van der Waals surface area contributed by atoms with Crippen LogP contribution in [0.15, 0.2) is 30.5 Å². The van der Waals surface area contributed by atoms with Crippen molar-refractivity contribution in [2.45, 2.75) is 38.1 Å². The van der Waals surface area contributed by atoms with Gasteiger partial charge in [0, 0.05) is 12.1 Å². The number of carbonyl (C=O) groups is 2. The van der Waals surface area contributed by atoms with Gasteiger partial charge in [-0.15, -0.1) is 0 Å². The van der Waals surface area contributed by atoms with Gasteiger partial charge < -0.3 is 10.6 Å². The van der Waals surface area contributed by atoms with E-state index in [1.54, 1.807) is 6.07 Å². The SMILES string of the molecule is [C-]#[N+][C@@H]1C[C@H](F)CN1C(=O)CNC(C)(C)CNC(=O)c1cnc2ccccc2n1. The summed E-state index contributed by atoms with van der Waals surface area (Å²) in [5.41, 5.74) is 0.952. The molecule has 2 heterocycles. The lowest BCUT2D eigenvalue weighted by atomic mass is 10.1. The molecule has 0 unspecified atom stereocenters. The van der Waals surface area contributed by atoms with Crippen LogP contribution in [0.1, 0.15) is 30.8 Å². The van der Waals surface area contributed by atoms with Crippen LogP contribution in [-0.4, -0.2) is 64.2 Å². The Kier molecular flexibility index (Phi) is 6.03. The lowest BCUT2D eigenvalue weighted by molar-refractivity contribution is -0.130. The minimum Gasteiger partial charge on any atom is -0.349 e. The predicted octanol–water partition coefficient (Wildman–Crippen LogP) is 1.54. The number of halogens is 1. The van der Waals surface area contributed by atoms with Crippen molar-refractivity contribution >= 4 is 22.8 Å². The van der Waals surface area contributed by atoms with E-state index in [1.807, 2.05) is 32.0 Å². The number of rotatable bonds is 6. The largest absolute Gasteiger partial charge is 0.349 e. The van der Waals surface area contributed by atoms with Crippen LogP contribution in [0.25, 0.3) is 15.9 Å². The van der Waals surface area contributed by atoms with Crippen molar-refractivity contribution in [3.05, 3.63) is 47.6 Å². The molecule has 2 N–H and O–H groups in total. The third-order valence-corrected chi connectivity index (χ3v) is 4.78. The molecular weight excluding hydrogens is 375 g/mol. The molecule has 1 aromatic carbocycles. The van der Waals surface area contributed by atoms with Crippen molar-refractivity contribution in [1.29, 1.82) is 0 Å². The molecule has 1 aliphatic heterocycles. The second kappa shape index (κ2) is 8.49. The van der Waals surface area contributed by atoms with Gasteiger partial charge in [-0.05, 0) is 26.0 Å². The Morgan fingerprint density at radius 1 is 1.34 bits per heavy atom. The summed E-state index contributed by atoms with van der Waals surface area (Å²) in [7, 11) is 0. The van der Waals surface area contributed by atoms with Gasteiger partial charge in [-0.25, -0.2) is 15.9 Å². The second-order valence-corrected chi connectivity index (χ2v) is 7.65. The molecule has 0 radical (unpaired) electrons. The molecule has 3 rings (SSSR count). The summed E-state index contributed by atoms with van der Waals surface area (Å²) < 4.78 is 13.5. The molecule has 0 spiro atoms. The predicted molar refractivity (Wildman–Crippen MR) is 106 cm³/mol. The molecule has 1 fully saturated rings. The zero-order valence-corrected chi connectivity index (χ0v) is 16.4. The van der Waals surface area contributed by atoms with Crippen molar-refractivity contribution in [2.75, 3.05) is 19.6 Å². The maximum atomic E-state index is 13.5. The van der Waals surface area contributed by atoms with Crippen molar-refractivity contribution in [3.8, 4) is 0 Å². The molecule has 2 aromatic rings. The quantitative estimate of drug-likeness (QED) is 0.721. The van der Waals surface area contributed by atoms with Gasteiger partial charge in [0.2, 0.25) is 5.91 Å². The highest BCUT2D eigenvalue weighted by Gasteiger charge is 2.39. The Bertz CT molecular complexity index is 957. The monoisotopic (exact) mass is 398 g/mol. The molecule has 2 atom stereocenters. The Morgan fingerprint density at radius 3 is 2.79 bits per heavy atom. The molecule has 8 nitrogen and oxygen atoms in total. The number of amides is 2. The maximum absolute atomic E-state index is 13.5. The van der Waals surface area contributed by atoms with Crippen LogP contribution in [0.2, 0.25) is 0 Å². The maximum Gasteiger partial charge on any atom is 0.303 e. The van der Waals surface area contributed by atoms with Crippen molar-refractivity contribution in [1.82, 2.24) is 25.5 Å². The third kappa shape index (κ3) is 5.03. The van der Waals surface area contributed by atoms with Crippen LogP contribution >= 0.6 is 0 Å². The van der Waals surface area contributed by atoms with Gasteiger partial charge in [-0.3, -0.25) is 24.3 Å². The lowest BCUT2D eigenvalue weighted by Crippen LogP contribution is -2.52. The second-order valence-electron chi connectivity index (χ2n) is 7.65. The minimum atomic E-state index is -1.16. The number of hydrogen-bond acceptors (Lipinski definition) is 5. The van der Waals surface area contributed by atoms with E-state index in [9.17, 15) is 14.0 Å². The molecule has 0 saturated carbocycles. The lowest BCUT2D eigenvalue weighted by Gasteiger charge is -2.27.